The van der Waals surface area contributed by atoms with E-state index in [1.807, 2.05) is 24.4 Å². The Balaban J connectivity index is 1.11. The molecular weight excluding hydrogens is 548 g/mol. The van der Waals surface area contributed by atoms with Crippen LogP contribution < -0.4 is 4.90 Å². The summed E-state index contributed by atoms with van der Waals surface area (Å²) in [7, 11) is 0. The van der Waals surface area contributed by atoms with Gasteiger partial charge in [-0.3, -0.25) is 4.98 Å². The van der Waals surface area contributed by atoms with Crippen LogP contribution in [0.5, 0.6) is 0 Å². The van der Waals surface area contributed by atoms with E-state index in [1.165, 1.54) is 33.4 Å². The number of anilines is 3. The van der Waals surface area contributed by atoms with Crippen LogP contribution in [0, 0.1) is 0 Å². The quantitative estimate of drug-likeness (QED) is 0.207. The number of hydrogen-bond acceptors (Lipinski definition) is 3. The van der Waals surface area contributed by atoms with Gasteiger partial charge in [-0.15, -0.1) is 0 Å². The van der Waals surface area contributed by atoms with Crippen LogP contribution in [0.3, 0.4) is 0 Å². The summed E-state index contributed by atoms with van der Waals surface area (Å²) in [6.07, 6.45) is 8.89. The molecule has 0 fully saturated rings. The molecule has 2 aromatic heterocycles. The van der Waals surface area contributed by atoms with Gasteiger partial charge in [-0.2, -0.15) is 0 Å². The minimum atomic E-state index is -0.0691. The van der Waals surface area contributed by atoms with Crippen molar-refractivity contribution in [1.29, 1.82) is 0 Å². The second-order valence-electron chi connectivity index (χ2n) is 12.7. The number of aryl methyl sites for hydroxylation is 1. The largest absolute Gasteiger partial charge is 0.456 e. The van der Waals surface area contributed by atoms with Gasteiger partial charge in [-0.1, -0.05) is 86.7 Å². The van der Waals surface area contributed by atoms with E-state index in [9.17, 15) is 0 Å². The van der Waals surface area contributed by atoms with Crippen LogP contribution in [-0.2, 0) is 11.8 Å². The third-order valence-electron chi connectivity index (χ3n) is 9.77. The molecule has 0 aliphatic heterocycles. The molecule has 216 valence electrons. The molecule has 0 saturated heterocycles. The SMILES string of the molecule is CC1(C)c2cc(-c3ccc(N(c4ccccc4)c4ccc5c(c4)oc4ccccc45)cn3)ccc2-c2c1ccc1c2C=CCC1. The van der Waals surface area contributed by atoms with Crippen molar-refractivity contribution in [2.45, 2.75) is 32.1 Å². The fourth-order valence-electron chi connectivity index (χ4n) is 7.47. The lowest BCUT2D eigenvalue weighted by Crippen LogP contribution is -2.15. The van der Waals surface area contributed by atoms with E-state index in [4.69, 9.17) is 9.40 Å². The first-order valence-corrected chi connectivity index (χ1v) is 15.8. The summed E-state index contributed by atoms with van der Waals surface area (Å²) in [4.78, 5) is 7.27. The highest BCUT2D eigenvalue weighted by atomic mass is 16.3. The molecule has 0 amide bonds. The molecule has 0 bridgehead atoms. The minimum Gasteiger partial charge on any atom is -0.456 e. The molecule has 0 N–H and O–H groups in total. The number of para-hydroxylation sites is 2. The summed E-state index contributed by atoms with van der Waals surface area (Å²) in [6, 6.07) is 41.0. The summed E-state index contributed by atoms with van der Waals surface area (Å²) in [5, 5.41) is 2.25. The lowest BCUT2D eigenvalue weighted by Gasteiger charge is -2.25. The van der Waals surface area contributed by atoms with Crippen LogP contribution in [0.1, 0.15) is 42.5 Å². The van der Waals surface area contributed by atoms with E-state index in [0.717, 1.165) is 63.1 Å². The predicted molar refractivity (Wildman–Crippen MR) is 187 cm³/mol. The van der Waals surface area contributed by atoms with Crippen molar-refractivity contribution < 1.29 is 4.42 Å². The van der Waals surface area contributed by atoms with Gasteiger partial charge >= 0.3 is 0 Å². The van der Waals surface area contributed by atoms with Crippen molar-refractivity contribution in [1.82, 2.24) is 4.98 Å². The molecule has 0 radical (unpaired) electrons. The van der Waals surface area contributed by atoms with Crippen LogP contribution in [0.15, 0.2) is 132 Å². The van der Waals surface area contributed by atoms with Crippen LogP contribution in [0.2, 0.25) is 0 Å². The zero-order chi connectivity index (χ0) is 30.1. The summed E-state index contributed by atoms with van der Waals surface area (Å²) < 4.78 is 6.25. The van der Waals surface area contributed by atoms with Gasteiger partial charge in [0.05, 0.1) is 17.6 Å². The highest BCUT2D eigenvalue weighted by Gasteiger charge is 2.37. The van der Waals surface area contributed by atoms with Crippen molar-refractivity contribution in [3.63, 3.8) is 0 Å². The van der Waals surface area contributed by atoms with E-state index in [-0.39, 0.29) is 5.41 Å². The van der Waals surface area contributed by atoms with Crippen molar-refractivity contribution in [3.05, 3.63) is 150 Å². The maximum absolute atomic E-state index is 6.25. The fraction of sp³-hybridized carbons (Fsp3) is 0.119. The Bertz CT molecular complexity index is 2290. The normalized spacial score (nSPS) is 14.4. The molecule has 0 atom stereocenters. The number of fused-ring (bicyclic) bond motifs is 8. The number of hydrogen-bond donors (Lipinski definition) is 0. The third-order valence-corrected chi connectivity index (χ3v) is 9.77. The molecule has 2 aliphatic rings. The topological polar surface area (TPSA) is 29.3 Å². The Labute approximate surface area is 263 Å². The number of pyridine rings is 1. The molecule has 2 aliphatic carbocycles. The van der Waals surface area contributed by atoms with E-state index in [0.29, 0.717) is 0 Å². The number of nitrogens with zero attached hydrogens (tertiary/aromatic N) is 2. The zero-order valence-corrected chi connectivity index (χ0v) is 25.4. The van der Waals surface area contributed by atoms with Gasteiger partial charge in [-0.25, -0.2) is 0 Å². The average Bonchev–Trinajstić information content (AvgIpc) is 3.57. The first-order chi connectivity index (χ1) is 22.1. The average molecular weight is 581 g/mol. The van der Waals surface area contributed by atoms with Crippen LogP contribution in [0.4, 0.5) is 17.1 Å². The number of rotatable bonds is 4. The molecule has 7 aromatic rings. The van der Waals surface area contributed by atoms with Crippen molar-refractivity contribution in [2.24, 2.45) is 0 Å². The molecule has 45 heavy (non-hydrogen) atoms. The Morgan fingerprint density at radius 2 is 1.51 bits per heavy atom. The highest BCUT2D eigenvalue weighted by Crippen LogP contribution is 2.52. The summed E-state index contributed by atoms with van der Waals surface area (Å²) in [5.41, 5.74) is 15.3. The van der Waals surface area contributed by atoms with Gasteiger partial charge in [-0.05, 0) is 94.8 Å². The molecule has 5 aromatic carbocycles. The summed E-state index contributed by atoms with van der Waals surface area (Å²) in [5.74, 6) is 0. The number of furan rings is 1. The number of benzene rings is 5. The molecule has 2 heterocycles. The minimum absolute atomic E-state index is 0.0691. The maximum atomic E-state index is 6.25. The monoisotopic (exact) mass is 580 g/mol. The van der Waals surface area contributed by atoms with Gasteiger partial charge < -0.3 is 9.32 Å². The Hall–Kier alpha value is -5.41. The van der Waals surface area contributed by atoms with Crippen molar-refractivity contribution in [3.8, 4) is 22.4 Å². The molecule has 9 rings (SSSR count). The van der Waals surface area contributed by atoms with Crippen molar-refractivity contribution >= 4 is 45.1 Å². The Kier molecular flexibility index (Phi) is 5.67. The van der Waals surface area contributed by atoms with Crippen LogP contribution in [0.25, 0.3) is 50.4 Å². The van der Waals surface area contributed by atoms with E-state index in [2.05, 4.69) is 128 Å². The van der Waals surface area contributed by atoms with E-state index < -0.39 is 0 Å². The Morgan fingerprint density at radius 3 is 2.38 bits per heavy atom. The summed E-state index contributed by atoms with van der Waals surface area (Å²) in [6.45, 7) is 4.71. The molecule has 0 saturated carbocycles. The molecule has 0 unspecified atom stereocenters. The lowest BCUT2D eigenvalue weighted by molar-refractivity contribution is 0.660. The van der Waals surface area contributed by atoms with Gasteiger partial charge in [0.15, 0.2) is 0 Å². The van der Waals surface area contributed by atoms with Crippen LogP contribution in [-0.4, -0.2) is 4.98 Å². The number of allylic oxidation sites excluding steroid dienone is 1. The van der Waals surface area contributed by atoms with Gasteiger partial charge in [0.2, 0.25) is 0 Å². The van der Waals surface area contributed by atoms with Crippen LogP contribution >= 0.6 is 0 Å². The third kappa shape index (κ3) is 4.00. The number of aromatic nitrogens is 1. The summed E-state index contributed by atoms with van der Waals surface area (Å²) >= 11 is 0. The molecule has 0 spiro atoms. The first-order valence-electron chi connectivity index (χ1n) is 15.8. The predicted octanol–water partition coefficient (Wildman–Crippen LogP) is 11.4. The Morgan fingerprint density at radius 1 is 0.689 bits per heavy atom. The molecule has 3 nitrogen and oxygen atoms in total. The highest BCUT2D eigenvalue weighted by molar-refractivity contribution is 6.06. The van der Waals surface area contributed by atoms with E-state index in [1.54, 1.807) is 0 Å². The van der Waals surface area contributed by atoms with Gasteiger partial charge in [0, 0.05) is 39.2 Å². The molecular formula is C42H32N2O. The molecule has 3 heteroatoms. The smallest absolute Gasteiger partial charge is 0.137 e. The first kappa shape index (κ1) is 26.0. The second-order valence-corrected chi connectivity index (χ2v) is 12.7. The van der Waals surface area contributed by atoms with E-state index >= 15 is 0 Å². The maximum Gasteiger partial charge on any atom is 0.137 e. The zero-order valence-electron chi connectivity index (χ0n) is 25.4. The lowest BCUT2D eigenvalue weighted by atomic mass is 9.80. The van der Waals surface area contributed by atoms with Gasteiger partial charge in [0.25, 0.3) is 0 Å². The van der Waals surface area contributed by atoms with Gasteiger partial charge in [0.1, 0.15) is 11.2 Å². The second kappa shape index (κ2) is 9.80. The fourth-order valence-corrected chi connectivity index (χ4v) is 7.47. The van der Waals surface area contributed by atoms with Crippen molar-refractivity contribution in [2.75, 3.05) is 4.90 Å². The standard InChI is InChI=1S/C42H32N2O/c1-42(2)36-22-17-27-10-6-7-13-32(27)41(36)35-20-16-28(24-37(35)42)38-23-19-31(26-43-38)44(29-11-4-3-5-12-29)30-18-21-34-33-14-8-9-15-39(33)45-40(34)25-30/h3-5,7-9,11-26H,6,10H2,1-2H3.